The first-order valence-electron chi connectivity index (χ1n) is 8.71. The van der Waals surface area contributed by atoms with E-state index in [9.17, 15) is 9.59 Å². The van der Waals surface area contributed by atoms with Gasteiger partial charge in [-0.2, -0.15) is 0 Å². The number of amides is 1. The number of hydrogen-bond acceptors (Lipinski definition) is 5. The summed E-state index contributed by atoms with van der Waals surface area (Å²) in [5.41, 5.74) is 1.03. The third-order valence-electron chi connectivity index (χ3n) is 4.24. The van der Waals surface area contributed by atoms with Gasteiger partial charge in [0.15, 0.2) is 5.16 Å². The van der Waals surface area contributed by atoms with Gasteiger partial charge in [-0.3, -0.25) is 14.2 Å². The molecule has 0 bridgehead atoms. The van der Waals surface area contributed by atoms with Crippen LogP contribution in [-0.4, -0.2) is 39.2 Å². The largest absolute Gasteiger partial charge is 0.343 e. The molecule has 2 heterocycles. The van der Waals surface area contributed by atoms with Crippen LogP contribution in [0, 0.1) is 19.8 Å². The molecule has 0 saturated heterocycles. The van der Waals surface area contributed by atoms with E-state index in [1.807, 2.05) is 27.7 Å². The van der Waals surface area contributed by atoms with E-state index in [1.54, 1.807) is 20.8 Å². The van der Waals surface area contributed by atoms with E-state index in [0.29, 0.717) is 36.5 Å². The second kappa shape index (κ2) is 8.36. The Morgan fingerprint density at radius 1 is 1.28 bits per heavy atom. The van der Waals surface area contributed by atoms with Crippen LogP contribution in [0.4, 0.5) is 0 Å². The summed E-state index contributed by atoms with van der Waals surface area (Å²) in [6.07, 6.45) is 0. The summed E-state index contributed by atoms with van der Waals surface area (Å²) in [5.74, 6) is 0.718. The molecule has 5 nitrogen and oxygen atoms in total. The van der Waals surface area contributed by atoms with E-state index in [1.165, 1.54) is 11.8 Å². The fourth-order valence-electron chi connectivity index (χ4n) is 2.74. The Kier molecular flexibility index (Phi) is 6.68. The Hall–Kier alpha value is -1.34. The van der Waals surface area contributed by atoms with Gasteiger partial charge in [0.2, 0.25) is 5.91 Å². The van der Waals surface area contributed by atoms with Crippen molar-refractivity contribution in [1.82, 2.24) is 14.5 Å². The predicted octanol–water partition coefficient (Wildman–Crippen LogP) is 3.69. The summed E-state index contributed by atoms with van der Waals surface area (Å²) in [6, 6.07) is 0. The lowest BCUT2D eigenvalue weighted by atomic mass is 10.2. The first-order valence-corrected chi connectivity index (χ1v) is 10.5. The molecule has 2 aromatic heterocycles. The first kappa shape index (κ1) is 20.0. The van der Waals surface area contributed by atoms with Crippen LogP contribution in [0.5, 0.6) is 0 Å². The zero-order valence-corrected chi connectivity index (χ0v) is 17.5. The van der Waals surface area contributed by atoms with Gasteiger partial charge in [0.25, 0.3) is 5.56 Å². The molecular formula is C18H27N3O2S2. The van der Waals surface area contributed by atoms with Crippen molar-refractivity contribution in [1.29, 1.82) is 0 Å². The number of aromatic nitrogens is 2. The minimum Gasteiger partial charge on any atom is -0.343 e. The van der Waals surface area contributed by atoms with E-state index in [0.717, 1.165) is 20.7 Å². The predicted molar refractivity (Wildman–Crippen MR) is 107 cm³/mol. The number of hydrogen-bond donors (Lipinski definition) is 0. The molecule has 1 amide bonds. The molecule has 138 valence electrons. The van der Waals surface area contributed by atoms with Crippen LogP contribution in [0.25, 0.3) is 10.2 Å². The quantitative estimate of drug-likeness (QED) is 0.542. The Balaban J connectivity index is 2.43. The van der Waals surface area contributed by atoms with E-state index in [-0.39, 0.29) is 11.5 Å². The molecule has 0 aliphatic heterocycles. The SMILES string of the molecule is CCN(CC)C(=O)CSc1nc2sc(C)c(C)c2c(=O)n1CC(C)C. The standard InChI is InChI=1S/C18H27N3O2S2/c1-7-20(8-2)14(22)10-24-18-19-16-15(12(5)13(6)25-16)17(23)21(18)9-11(3)4/h11H,7-10H2,1-6H3. The molecule has 0 N–H and O–H groups in total. The molecule has 0 unspecified atom stereocenters. The molecule has 0 spiro atoms. The van der Waals surface area contributed by atoms with Crippen LogP contribution in [0.1, 0.15) is 38.1 Å². The maximum atomic E-state index is 13.0. The van der Waals surface area contributed by atoms with Crippen molar-refractivity contribution in [3.05, 3.63) is 20.8 Å². The number of nitrogens with zero attached hydrogens (tertiary/aromatic N) is 3. The van der Waals surface area contributed by atoms with Crippen molar-refractivity contribution in [2.24, 2.45) is 5.92 Å². The molecule has 0 aliphatic carbocycles. The summed E-state index contributed by atoms with van der Waals surface area (Å²) >= 11 is 2.92. The summed E-state index contributed by atoms with van der Waals surface area (Å²) in [6.45, 7) is 14.1. The van der Waals surface area contributed by atoms with E-state index in [4.69, 9.17) is 4.98 Å². The van der Waals surface area contributed by atoms with Gasteiger partial charge < -0.3 is 4.90 Å². The van der Waals surface area contributed by atoms with E-state index >= 15 is 0 Å². The van der Waals surface area contributed by atoms with Crippen molar-refractivity contribution in [3.63, 3.8) is 0 Å². The van der Waals surface area contributed by atoms with Crippen molar-refractivity contribution < 1.29 is 4.79 Å². The number of aryl methyl sites for hydroxylation is 2. The van der Waals surface area contributed by atoms with Crippen molar-refractivity contribution in [2.45, 2.75) is 53.2 Å². The van der Waals surface area contributed by atoms with Gasteiger partial charge in [0.05, 0.1) is 11.1 Å². The fraction of sp³-hybridized carbons (Fsp3) is 0.611. The van der Waals surface area contributed by atoms with Gasteiger partial charge in [-0.15, -0.1) is 11.3 Å². The lowest BCUT2D eigenvalue weighted by molar-refractivity contribution is -0.127. The second-order valence-corrected chi connectivity index (χ2v) is 8.67. The van der Waals surface area contributed by atoms with Crippen LogP contribution < -0.4 is 5.56 Å². The van der Waals surface area contributed by atoms with Crippen molar-refractivity contribution >= 4 is 39.2 Å². The highest BCUT2D eigenvalue weighted by atomic mass is 32.2. The van der Waals surface area contributed by atoms with Crippen LogP contribution in [0.15, 0.2) is 9.95 Å². The highest BCUT2D eigenvalue weighted by Gasteiger charge is 2.19. The van der Waals surface area contributed by atoms with E-state index in [2.05, 4.69) is 13.8 Å². The zero-order valence-electron chi connectivity index (χ0n) is 15.9. The molecule has 0 aromatic carbocycles. The lowest BCUT2D eigenvalue weighted by Gasteiger charge is -2.19. The first-order chi connectivity index (χ1) is 11.8. The molecule has 25 heavy (non-hydrogen) atoms. The molecule has 0 saturated carbocycles. The lowest BCUT2D eigenvalue weighted by Crippen LogP contribution is -2.32. The van der Waals surface area contributed by atoms with Gasteiger partial charge in [0, 0.05) is 24.5 Å². The maximum absolute atomic E-state index is 13.0. The number of carbonyl (C=O) groups excluding carboxylic acids is 1. The summed E-state index contributed by atoms with van der Waals surface area (Å²) in [7, 11) is 0. The Morgan fingerprint density at radius 3 is 2.48 bits per heavy atom. The Labute approximate surface area is 157 Å². The normalized spacial score (nSPS) is 11.5. The monoisotopic (exact) mass is 381 g/mol. The third kappa shape index (κ3) is 4.26. The van der Waals surface area contributed by atoms with Crippen LogP contribution in [0.3, 0.4) is 0 Å². The molecule has 0 radical (unpaired) electrons. The molecule has 7 heteroatoms. The highest BCUT2D eigenvalue weighted by Crippen LogP contribution is 2.28. The van der Waals surface area contributed by atoms with Crippen molar-refractivity contribution in [3.8, 4) is 0 Å². The van der Waals surface area contributed by atoms with Crippen LogP contribution >= 0.6 is 23.1 Å². The Bertz CT molecular complexity index is 820. The third-order valence-corrected chi connectivity index (χ3v) is 6.30. The molecule has 0 fully saturated rings. The van der Waals surface area contributed by atoms with Gasteiger partial charge in [-0.05, 0) is 39.2 Å². The number of carbonyl (C=O) groups is 1. The van der Waals surface area contributed by atoms with Crippen LogP contribution in [-0.2, 0) is 11.3 Å². The summed E-state index contributed by atoms with van der Waals surface area (Å²) < 4.78 is 1.74. The minimum atomic E-state index is 0.0124. The van der Waals surface area contributed by atoms with Crippen molar-refractivity contribution in [2.75, 3.05) is 18.8 Å². The number of fused-ring (bicyclic) bond motifs is 1. The molecular weight excluding hydrogens is 354 g/mol. The fourth-order valence-corrected chi connectivity index (χ4v) is 4.72. The second-order valence-electron chi connectivity index (χ2n) is 6.52. The molecule has 2 aromatic rings. The summed E-state index contributed by atoms with van der Waals surface area (Å²) in [5, 5.41) is 1.37. The Morgan fingerprint density at radius 2 is 1.92 bits per heavy atom. The van der Waals surface area contributed by atoms with Gasteiger partial charge >= 0.3 is 0 Å². The maximum Gasteiger partial charge on any atom is 0.263 e. The van der Waals surface area contributed by atoms with Gasteiger partial charge in [-0.25, -0.2) is 4.98 Å². The number of thiophene rings is 1. The van der Waals surface area contributed by atoms with Crippen LogP contribution in [0.2, 0.25) is 0 Å². The molecule has 0 aliphatic rings. The van der Waals surface area contributed by atoms with Gasteiger partial charge in [0.1, 0.15) is 4.83 Å². The highest BCUT2D eigenvalue weighted by molar-refractivity contribution is 7.99. The average Bonchev–Trinajstić information content (AvgIpc) is 2.84. The molecule has 0 atom stereocenters. The zero-order chi connectivity index (χ0) is 18.7. The molecule has 2 rings (SSSR count). The number of rotatable bonds is 7. The minimum absolute atomic E-state index is 0.0124. The smallest absolute Gasteiger partial charge is 0.263 e. The van der Waals surface area contributed by atoms with E-state index < -0.39 is 0 Å². The summed E-state index contributed by atoms with van der Waals surface area (Å²) in [4.78, 5) is 33.8. The topological polar surface area (TPSA) is 55.2 Å². The number of thioether (sulfide) groups is 1. The average molecular weight is 382 g/mol. The van der Waals surface area contributed by atoms with Gasteiger partial charge in [-0.1, -0.05) is 25.6 Å².